The van der Waals surface area contributed by atoms with Gasteiger partial charge in [-0.1, -0.05) is 0 Å². The van der Waals surface area contributed by atoms with Gasteiger partial charge >= 0.3 is 0 Å². The summed E-state index contributed by atoms with van der Waals surface area (Å²) in [6, 6.07) is 4.56. The van der Waals surface area contributed by atoms with Crippen molar-refractivity contribution in [2.75, 3.05) is 7.11 Å². The van der Waals surface area contributed by atoms with E-state index >= 15 is 0 Å². The van der Waals surface area contributed by atoms with Crippen molar-refractivity contribution >= 4 is 5.69 Å². The van der Waals surface area contributed by atoms with Gasteiger partial charge in [0.2, 0.25) is 0 Å². The van der Waals surface area contributed by atoms with E-state index in [1.54, 1.807) is 29.1 Å². The number of benzene rings is 1. The van der Waals surface area contributed by atoms with Crippen LogP contribution in [0.4, 0.5) is 5.69 Å². The summed E-state index contributed by atoms with van der Waals surface area (Å²) < 4.78 is 6.60. The summed E-state index contributed by atoms with van der Waals surface area (Å²) in [5.41, 5.74) is 0.445. The van der Waals surface area contributed by atoms with Gasteiger partial charge in [-0.25, -0.2) is 4.98 Å². The van der Waals surface area contributed by atoms with Crippen LogP contribution in [0.5, 0.6) is 5.75 Å². The molecule has 0 radical (unpaired) electrons. The molecule has 2 rings (SSSR count). The van der Waals surface area contributed by atoms with E-state index in [1.165, 1.54) is 19.5 Å². The lowest BCUT2D eigenvalue weighted by Crippen LogP contribution is -1.98. The quantitative estimate of drug-likeness (QED) is 0.582. The molecule has 6 heteroatoms. The molecule has 0 saturated carbocycles. The zero-order chi connectivity index (χ0) is 11.5. The standard InChI is InChI=1S/C10H9N3O3/c1-16-8-2-3-9(13(14)15)10(6-8)12-5-4-11-7-12/h2-7H,1H3. The highest BCUT2D eigenvalue weighted by molar-refractivity contribution is 5.55. The molecule has 82 valence electrons. The van der Waals surface area contributed by atoms with Crippen molar-refractivity contribution in [1.82, 2.24) is 9.55 Å². The zero-order valence-electron chi connectivity index (χ0n) is 8.53. The summed E-state index contributed by atoms with van der Waals surface area (Å²) in [5.74, 6) is 0.564. The number of aromatic nitrogens is 2. The lowest BCUT2D eigenvalue weighted by Gasteiger charge is -2.05. The van der Waals surface area contributed by atoms with E-state index in [-0.39, 0.29) is 5.69 Å². The molecule has 1 heterocycles. The van der Waals surface area contributed by atoms with E-state index in [4.69, 9.17) is 4.74 Å². The summed E-state index contributed by atoms with van der Waals surface area (Å²) in [6.45, 7) is 0. The van der Waals surface area contributed by atoms with Crippen molar-refractivity contribution in [2.45, 2.75) is 0 Å². The number of imidazole rings is 1. The van der Waals surface area contributed by atoms with Gasteiger partial charge in [0.15, 0.2) is 0 Å². The molecule has 0 aliphatic carbocycles. The molecular weight excluding hydrogens is 210 g/mol. The minimum Gasteiger partial charge on any atom is -0.497 e. The Morgan fingerprint density at radius 1 is 1.50 bits per heavy atom. The molecule has 0 bridgehead atoms. The molecule has 16 heavy (non-hydrogen) atoms. The molecule has 0 fully saturated rings. The summed E-state index contributed by atoms with van der Waals surface area (Å²) in [5, 5.41) is 10.8. The van der Waals surface area contributed by atoms with Gasteiger partial charge in [-0.2, -0.15) is 0 Å². The molecular formula is C10H9N3O3. The summed E-state index contributed by atoms with van der Waals surface area (Å²) >= 11 is 0. The third-order valence-electron chi connectivity index (χ3n) is 2.16. The number of nitro groups is 1. The monoisotopic (exact) mass is 219 g/mol. The van der Waals surface area contributed by atoms with E-state index in [9.17, 15) is 10.1 Å². The number of methoxy groups -OCH3 is 1. The van der Waals surface area contributed by atoms with Crippen LogP contribution >= 0.6 is 0 Å². The maximum absolute atomic E-state index is 10.8. The Morgan fingerprint density at radius 3 is 2.88 bits per heavy atom. The van der Waals surface area contributed by atoms with Crippen molar-refractivity contribution in [3.63, 3.8) is 0 Å². The van der Waals surface area contributed by atoms with Crippen LogP contribution in [-0.2, 0) is 0 Å². The molecule has 0 aliphatic heterocycles. The van der Waals surface area contributed by atoms with Crippen LogP contribution < -0.4 is 4.74 Å². The highest BCUT2D eigenvalue weighted by atomic mass is 16.6. The summed E-state index contributed by atoms with van der Waals surface area (Å²) in [7, 11) is 1.51. The lowest BCUT2D eigenvalue weighted by atomic mass is 10.2. The number of nitro benzene ring substituents is 1. The van der Waals surface area contributed by atoms with E-state index in [1.807, 2.05) is 0 Å². The second-order valence-corrected chi connectivity index (χ2v) is 3.08. The molecule has 0 aliphatic rings. The highest BCUT2D eigenvalue weighted by Crippen LogP contribution is 2.26. The Balaban J connectivity index is 2.59. The Labute approximate surface area is 91.3 Å². The second kappa shape index (κ2) is 4.01. The van der Waals surface area contributed by atoms with Gasteiger partial charge in [0.25, 0.3) is 5.69 Å². The minimum absolute atomic E-state index is 0.0128. The molecule has 0 N–H and O–H groups in total. The van der Waals surface area contributed by atoms with E-state index in [0.29, 0.717) is 11.4 Å². The molecule has 6 nitrogen and oxygen atoms in total. The maximum Gasteiger partial charge on any atom is 0.293 e. The van der Waals surface area contributed by atoms with Gasteiger partial charge < -0.3 is 9.30 Å². The summed E-state index contributed by atoms with van der Waals surface area (Å²) in [4.78, 5) is 14.3. The predicted molar refractivity (Wildman–Crippen MR) is 56.8 cm³/mol. The molecule has 1 aromatic heterocycles. The van der Waals surface area contributed by atoms with Crippen LogP contribution in [0.1, 0.15) is 0 Å². The first-order chi connectivity index (χ1) is 7.72. The van der Waals surface area contributed by atoms with Crippen LogP contribution in [0.25, 0.3) is 5.69 Å². The maximum atomic E-state index is 10.8. The third-order valence-corrected chi connectivity index (χ3v) is 2.16. The zero-order valence-corrected chi connectivity index (χ0v) is 8.53. The SMILES string of the molecule is COc1ccc([N+](=O)[O-])c(-n2ccnc2)c1. The van der Waals surface area contributed by atoms with Crippen molar-refractivity contribution in [3.8, 4) is 11.4 Å². The topological polar surface area (TPSA) is 70.2 Å². The highest BCUT2D eigenvalue weighted by Gasteiger charge is 2.15. The molecule has 0 atom stereocenters. The van der Waals surface area contributed by atoms with Crippen LogP contribution in [0.15, 0.2) is 36.9 Å². The van der Waals surface area contributed by atoms with Crippen LogP contribution in [0.3, 0.4) is 0 Å². The lowest BCUT2D eigenvalue weighted by molar-refractivity contribution is -0.384. The predicted octanol–water partition coefficient (Wildman–Crippen LogP) is 1.79. The van der Waals surface area contributed by atoms with E-state index in [2.05, 4.69) is 4.98 Å². The van der Waals surface area contributed by atoms with Gasteiger partial charge in [0.1, 0.15) is 11.4 Å². The van der Waals surface area contributed by atoms with E-state index < -0.39 is 4.92 Å². The van der Waals surface area contributed by atoms with Crippen molar-refractivity contribution in [2.24, 2.45) is 0 Å². The third kappa shape index (κ3) is 1.72. The second-order valence-electron chi connectivity index (χ2n) is 3.08. The number of hydrogen-bond acceptors (Lipinski definition) is 4. The molecule has 2 aromatic rings. The molecule has 0 amide bonds. The van der Waals surface area contributed by atoms with Crippen molar-refractivity contribution in [1.29, 1.82) is 0 Å². The Bertz CT molecular complexity index is 508. The molecule has 0 spiro atoms. The Kier molecular flexibility index (Phi) is 2.55. The number of rotatable bonds is 3. The molecule has 0 unspecified atom stereocenters. The first-order valence-corrected chi connectivity index (χ1v) is 4.53. The first-order valence-electron chi connectivity index (χ1n) is 4.53. The van der Waals surface area contributed by atoms with Gasteiger partial charge in [-0.05, 0) is 6.07 Å². The average molecular weight is 219 g/mol. The van der Waals surface area contributed by atoms with Crippen LogP contribution in [0.2, 0.25) is 0 Å². The van der Waals surface area contributed by atoms with Gasteiger partial charge in [-0.3, -0.25) is 10.1 Å². The van der Waals surface area contributed by atoms with Crippen molar-refractivity contribution in [3.05, 3.63) is 47.0 Å². The molecule has 1 aromatic carbocycles. The van der Waals surface area contributed by atoms with Crippen LogP contribution in [-0.4, -0.2) is 21.6 Å². The largest absolute Gasteiger partial charge is 0.497 e. The number of ether oxygens (including phenoxy) is 1. The fourth-order valence-corrected chi connectivity index (χ4v) is 1.39. The smallest absolute Gasteiger partial charge is 0.293 e. The Hall–Kier alpha value is -2.37. The summed E-state index contributed by atoms with van der Waals surface area (Å²) in [6.07, 6.45) is 4.70. The van der Waals surface area contributed by atoms with Gasteiger partial charge in [-0.15, -0.1) is 0 Å². The van der Waals surface area contributed by atoms with Crippen LogP contribution in [0, 0.1) is 10.1 Å². The number of nitrogens with zero attached hydrogens (tertiary/aromatic N) is 3. The first kappa shape index (κ1) is 10.2. The Morgan fingerprint density at radius 2 is 2.31 bits per heavy atom. The fraction of sp³-hybridized carbons (Fsp3) is 0.100. The van der Waals surface area contributed by atoms with E-state index in [0.717, 1.165) is 0 Å². The fourth-order valence-electron chi connectivity index (χ4n) is 1.39. The minimum atomic E-state index is -0.436. The number of hydrogen-bond donors (Lipinski definition) is 0. The molecule has 0 saturated heterocycles. The average Bonchev–Trinajstić information content (AvgIpc) is 2.81. The van der Waals surface area contributed by atoms with Gasteiger partial charge in [0, 0.05) is 24.5 Å². The van der Waals surface area contributed by atoms with Crippen molar-refractivity contribution < 1.29 is 9.66 Å². The van der Waals surface area contributed by atoms with Gasteiger partial charge in [0.05, 0.1) is 18.4 Å². The normalized spacial score (nSPS) is 10.1.